The maximum Gasteiger partial charge on any atom is 0.334 e. The third-order valence-corrected chi connectivity index (χ3v) is 1.17. The van der Waals surface area contributed by atoms with Crippen molar-refractivity contribution < 1.29 is 24.5 Å². The smallest absolute Gasteiger partial charge is 0.334 e. The van der Waals surface area contributed by atoms with Gasteiger partial charge in [-0.2, -0.15) is 0 Å². The van der Waals surface area contributed by atoms with Crippen molar-refractivity contribution in [2.75, 3.05) is 20.2 Å². The molecule has 1 unspecified atom stereocenters. The summed E-state index contributed by atoms with van der Waals surface area (Å²) in [6.45, 7) is -0.286. The van der Waals surface area contributed by atoms with Crippen LogP contribution in [0.25, 0.3) is 0 Å². The van der Waals surface area contributed by atoms with E-state index in [0.29, 0.717) is 0 Å². The van der Waals surface area contributed by atoms with Crippen LogP contribution in [0.1, 0.15) is 0 Å². The minimum atomic E-state index is -1.12. The van der Waals surface area contributed by atoms with Crippen LogP contribution in [0.5, 0.6) is 0 Å². The second-order valence-corrected chi connectivity index (χ2v) is 2.09. The van der Waals surface area contributed by atoms with Crippen LogP contribution >= 0.6 is 0 Å². The number of carboxylic acids is 2. The van der Waals surface area contributed by atoms with E-state index in [1.807, 2.05) is 0 Å². The summed E-state index contributed by atoms with van der Waals surface area (Å²) in [7, 11) is 1.25. The number of methoxy groups -OCH3 is 1. The first-order chi connectivity index (χ1) is 5.57. The van der Waals surface area contributed by atoms with E-state index in [9.17, 15) is 9.59 Å². The van der Waals surface area contributed by atoms with Crippen LogP contribution < -0.4 is 5.32 Å². The van der Waals surface area contributed by atoms with Gasteiger partial charge in [-0.1, -0.05) is 0 Å². The average molecular weight is 177 g/mol. The number of carboxylic acid groups (broad SMARTS) is 2. The zero-order valence-corrected chi connectivity index (χ0v) is 6.61. The normalized spacial score (nSPS) is 12.4. The Morgan fingerprint density at radius 1 is 1.50 bits per heavy atom. The van der Waals surface area contributed by atoms with E-state index >= 15 is 0 Å². The number of rotatable bonds is 6. The molecular weight excluding hydrogens is 166 g/mol. The van der Waals surface area contributed by atoms with Gasteiger partial charge in [0, 0.05) is 13.7 Å². The zero-order chi connectivity index (χ0) is 9.56. The topological polar surface area (TPSA) is 95.9 Å². The number of hydrogen-bond acceptors (Lipinski definition) is 4. The van der Waals surface area contributed by atoms with E-state index in [-0.39, 0.29) is 13.1 Å². The van der Waals surface area contributed by atoms with Crippen LogP contribution in [0.2, 0.25) is 0 Å². The summed E-state index contributed by atoms with van der Waals surface area (Å²) in [6, 6.07) is 0. The SMILES string of the molecule is COC(CNCC(=O)O)C(=O)O. The second kappa shape index (κ2) is 5.50. The summed E-state index contributed by atoms with van der Waals surface area (Å²) in [5.74, 6) is -2.15. The summed E-state index contributed by atoms with van der Waals surface area (Å²) < 4.78 is 4.54. The van der Waals surface area contributed by atoms with Gasteiger partial charge in [-0.05, 0) is 0 Å². The molecule has 0 spiro atoms. The Morgan fingerprint density at radius 3 is 2.42 bits per heavy atom. The van der Waals surface area contributed by atoms with Crippen molar-refractivity contribution in [1.82, 2.24) is 5.32 Å². The Bertz CT molecular complexity index is 169. The lowest BCUT2D eigenvalue weighted by atomic mass is 10.3. The number of nitrogens with one attached hydrogen (secondary N) is 1. The molecule has 0 rings (SSSR count). The molecule has 0 amide bonds. The molecule has 0 saturated carbocycles. The predicted molar refractivity (Wildman–Crippen MR) is 38.9 cm³/mol. The van der Waals surface area contributed by atoms with Crippen LogP contribution in [0.15, 0.2) is 0 Å². The molecule has 0 aliphatic rings. The first-order valence-electron chi connectivity index (χ1n) is 3.26. The number of aliphatic carboxylic acids is 2. The molecule has 0 fully saturated rings. The lowest BCUT2D eigenvalue weighted by molar-refractivity contribution is -0.148. The summed E-state index contributed by atoms with van der Waals surface area (Å²) in [5, 5.41) is 19.0. The van der Waals surface area contributed by atoms with Gasteiger partial charge in [-0.25, -0.2) is 4.79 Å². The highest BCUT2D eigenvalue weighted by Gasteiger charge is 2.15. The highest BCUT2D eigenvalue weighted by Crippen LogP contribution is 1.86. The molecule has 0 heterocycles. The summed E-state index contributed by atoms with van der Waals surface area (Å²) >= 11 is 0. The van der Waals surface area contributed by atoms with Gasteiger partial charge >= 0.3 is 11.9 Å². The highest BCUT2D eigenvalue weighted by atomic mass is 16.5. The molecule has 0 aromatic carbocycles. The van der Waals surface area contributed by atoms with Gasteiger partial charge in [0.1, 0.15) is 0 Å². The fourth-order valence-electron chi connectivity index (χ4n) is 0.582. The molecule has 0 aromatic rings. The van der Waals surface area contributed by atoms with Crippen LogP contribution in [-0.2, 0) is 14.3 Å². The van der Waals surface area contributed by atoms with E-state index in [4.69, 9.17) is 10.2 Å². The minimum absolute atomic E-state index is 0.0157. The molecular formula is C6H11NO5. The molecule has 12 heavy (non-hydrogen) atoms. The predicted octanol–water partition coefficient (Wildman–Crippen LogP) is -1.24. The van der Waals surface area contributed by atoms with Crippen molar-refractivity contribution in [2.45, 2.75) is 6.10 Å². The van der Waals surface area contributed by atoms with Gasteiger partial charge in [0.2, 0.25) is 0 Å². The average Bonchev–Trinajstić information content (AvgIpc) is 1.96. The standard InChI is InChI=1S/C6H11NO5/c1-12-4(6(10)11)2-7-3-5(8)9/h4,7H,2-3H2,1H3,(H,8,9)(H,10,11). The number of hydrogen-bond donors (Lipinski definition) is 3. The molecule has 0 bridgehead atoms. The second-order valence-electron chi connectivity index (χ2n) is 2.09. The summed E-state index contributed by atoms with van der Waals surface area (Å²) in [4.78, 5) is 20.3. The van der Waals surface area contributed by atoms with Gasteiger partial charge in [0.25, 0.3) is 0 Å². The van der Waals surface area contributed by atoms with E-state index < -0.39 is 18.0 Å². The van der Waals surface area contributed by atoms with Gasteiger partial charge < -0.3 is 20.3 Å². The van der Waals surface area contributed by atoms with Crippen LogP contribution in [0, 0.1) is 0 Å². The lowest BCUT2D eigenvalue weighted by Gasteiger charge is -2.09. The summed E-state index contributed by atoms with van der Waals surface area (Å²) in [5.41, 5.74) is 0. The van der Waals surface area contributed by atoms with E-state index in [1.165, 1.54) is 7.11 Å². The molecule has 0 aliphatic heterocycles. The van der Waals surface area contributed by atoms with Crippen molar-refractivity contribution >= 4 is 11.9 Å². The van der Waals surface area contributed by atoms with Crippen molar-refractivity contribution in [3.63, 3.8) is 0 Å². The fourth-order valence-corrected chi connectivity index (χ4v) is 0.582. The number of ether oxygens (including phenoxy) is 1. The molecule has 70 valence electrons. The van der Waals surface area contributed by atoms with Gasteiger partial charge in [-0.3, -0.25) is 4.79 Å². The molecule has 6 heteroatoms. The van der Waals surface area contributed by atoms with Gasteiger partial charge in [-0.15, -0.1) is 0 Å². The Morgan fingerprint density at radius 2 is 2.08 bits per heavy atom. The molecule has 0 saturated heterocycles. The van der Waals surface area contributed by atoms with Crippen molar-refractivity contribution in [3.8, 4) is 0 Å². The van der Waals surface area contributed by atoms with Crippen molar-refractivity contribution in [2.24, 2.45) is 0 Å². The summed E-state index contributed by atoms with van der Waals surface area (Å²) in [6.07, 6.45) is -0.996. The highest BCUT2D eigenvalue weighted by molar-refractivity contribution is 5.73. The Hall–Kier alpha value is -1.14. The van der Waals surface area contributed by atoms with E-state index in [2.05, 4.69) is 10.1 Å². The van der Waals surface area contributed by atoms with E-state index in [0.717, 1.165) is 0 Å². The van der Waals surface area contributed by atoms with Crippen LogP contribution in [0.4, 0.5) is 0 Å². The minimum Gasteiger partial charge on any atom is -0.480 e. The van der Waals surface area contributed by atoms with E-state index in [1.54, 1.807) is 0 Å². The lowest BCUT2D eigenvalue weighted by Crippen LogP contribution is -2.36. The van der Waals surface area contributed by atoms with Crippen molar-refractivity contribution in [3.05, 3.63) is 0 Å². The largest absolute Gasteiger partial charge is 0.480 e. The maximum absolute atomic E-state index is 10.3. The quantitative estimate of drug-likeness (QED) is 0.469. The first-order valence-corrected chi connectivity index (χ1v) is 3.26. The third-order valence-electron chi connectivity index (χ3n) is 1.17. The molecule has 0 radical (unpaired) electrons. The molecule has 0 aromatic heterocycles. The zero-order valence-electron chi connectivity index (χ0n) is 6.61. The Labute approximate surface area is 69.1 Å². The third kappa shape index (κ3) is 4.64. The van der Waals surface area contributed by atoms with Crippen LogP contribution in [0.3, 0.4) is 0 Å². The molecule has 1 atom stereocenters. The maximum atomic E-state index is 10.3. The molecule has 0 aliphatic carbocycles. The number of carbonyl (C=O) groups is 2. The fraction of sp³-hybridized carbons (Fsp3) is 0.667. The van der Waals surface area contributed by atoms with Gasteiger partial charge in [0.15, 0.2) is 6.10 Å². The van der Waals surface area contributed by atoms with Gasteiger partial charge in [0.05, 0.1) is 6.54 Å². The molecule has 3 N–H and O–H groups in total. The molecule has 6 nitrogen and oxygen atoms in total. The Balaban J connectivity index is 3.59. The van der Waals surface area contributed by atoms with Crippen LogP contribution in [-0.4, -0.2) is 48.5 Å². The monoisotopic (exact) mass is 177 g/mol. The van der Waals surface area contributed by atoms with Crippen molar-refractivity contribution in [1.29, 1.82) is 0 Å². The Kier molecular flexibility index (Phi) is 4.98. The first kappa shape index (κ1) is 10.9.